The molecule has 0 spiro atoms. The zero-order valence-corrected chi connectivity index (χ0v) is 21.6. The van der Waals surface area contributed by atoms with E-state index in [1.165, 1.54) is 24.4 Å². The SMILES string of the molecule is COC(=O)c1ccc2c(=O)n(C[C@@H]3CCCO3)c(SCC(=O)c3cc(C)c(C)c(C)c3C)nc2c1. The smallest absolute Gasteiger partial charge is 0.337 e. The number of esters is 1. The summed E-state index contributed by atoms with van der Waals surface area (Å²) in [6, 6.07) is 6.66. The third-order valence-electron chi connectivity index (χ3n) is 6.87. The van der Waals surface area contributed by atoms with Gasteiger partial charge in [0.05, 0.1) is 42.0 Å². The van der Waals surface area contributed by atoms with Crippen LogP contribution in [0.25, 0.3) is 10.9 Å². The van der Waals surface area contributed by atoms with Crippen molar-refractivity contribution in [2.45, 2.75) is 58.3 Å². The van der Waals surface area contributed by atoms with E-state index in [-0.39, 0.29) is 23.2 Å². The lowest BCUT2D eigenvalue weighted by Gasteiger charge is -2.17. The zero-order chi connectivity index (χ0) is 25.3. The van der Waals surface area contributed by atoms with E-state index in [4.69, 9.17) is 14.5 Å². The van der Waals surface area contributed by atoms with Gasteiger partial charge >= 0.3 is 5.97 Å². The highest BCUT2D eigenvalue weighted by atomic mass is 32.2. The number of hydrogen-bond acceptors (Lipinski definition) is 7. The first-order chi connectivity index (χ1) is 16.7. The summed E-state index contributed by atoms with van der Waals surface area (Å²) in [7, 11) is 1.31. The lowest BCUT2D eigenvalue weighted by Crippen LogP contribution is -2.29. The minimum Gasteiger partial charge on any atom is -0.465 e. The molecule has 0 saturated carbocycles. The summed E-state index contributed by atoms with van der Waals surface area (Å²) in [5.74, 6) is -0.370. The molecule has 184 valence electrons. The summed E-state index contributed by atoms with van der Waals surface area (Å²) in [5, 5.41) is 0.846. The van der Waals surface area contributed by atoms with E-state index in [9.17, 15) is 14.4 Å². The number of hydrogen-bond donors (Lipinski definition) is 0. The second-order valence-electron chi connectivity index (χ2n) is 9.00. The van der Waals surface area contributed by atoms with Crippen LogP contribution in [0.5, 0.6) is 0 Å². The number of thioether (sulfide) groups is 1. The van der Waals surface area contributed by atoms with Crippen molar-refractivity contribution in [3.63, 3.8) is 0 Å². The summed E-state index contributed by atoms with van der Waals surface area (Å²) in [5.41, 5.74) is 5.56. The Morgan fingerprint density at radius 2 is 1.91 bits per heavy atom. The minimum atomic E-state index is -0.498. The number of fused-ring (bicyclic) bond motifs is 1. The Hall–Kier alpha value is -2.97. The molecule has 0 unspecified atom stereocenters. The number of aromatic nitrogens is 2. The normalized spacial score (nSPS) is 15.5. The average molecular weight is 495 g/mol. The molecule has 1 atom stereocenters. The van der Waals surface area contributed by atoms with Gasteiger partial charge in [0.25, 0.3) is 5.56 Å². The fraction of sp³-hybridized carbons (Fsp3) is 0.407. The highest BCUT2D eigenvalue weighted by molar-refractivity contribution is 7.99. The number of ether oxygens (including phenoxy) is 2. The average Bonchev–Trinajstić information content (AvgIpc) is 3.37. The van der Waals surface area contributed by atoms with Crippen molar-refractivity contribution in [2.24, 2.45) is 0 Å². The maximum atomic E-state index is 13.4. The molecule has 0 amide bonds. The van der Waals surface area contributed by atoms with Gasteiger partial charge in [-0.3, -0.25) is 14.2 Å². The molecule has 1 saturated heterocycles. The predicted molar refractivity (Wildman–Crippen MR) is 137 cm³/mol. The maximum Gasteiger partial charge on any atom is 0.337 e. The molecular formula is C27H30N2O5S. The number of carbonyl (C=O) groups is 2. The second kappa shape index (κ2) is 10.3. The predicted octanol–water partition coefficient (Wildman–Crippen LogP) is 4.57. The number of aryl methyl sites for hydroxylation is 1. The highest BCUT2D eigenvalue weighted by Gasteiger charge is 2.22. The van der Waals surface area contributed by atoms with Gasteiger partial charge in [-0.05, 0) is 87.1 Å². The van der Waals surface area contributed by atoms with Crippen molar-refractivity contribution in [3.05, 3.63) is 68.0 Å². The Balaban J connectivity index is 1.72. The number of Topliss-reactive ketones (excluding diaryl/α,β-unsaturated/α-hetero) is 1. The second-order valence-corrected chi connectivity index (χ2v) is 9.94. The monoisotopic (exact) mass is 494 g/mol. The molecule has 1 fully saturated rings. The van der Waals surface area contributed by atoms with Crippen molar-refractivity contribution in [1.29, 1.82) is 0 Å². The molecule has 1 aliphatic rings. The summed E-state index contributed by atoms with van der Waals surface area (Å²) in [6.07, 6.45) is 1.76. The lowest BCUT2D eigenvalue weighted by atomic mass is 9.93. The largest absolute Gasteiger partial charge is 0.465 e. The molecule has 4 rings (SSSR count). The Kier molecular flexibility index (Phi) is 7.42. The third-order valence-corrected chi connectivity index (χ3v) is 7.84. The van der Waals surface area contributed by atoms with E-state index >= 15 is 0 Å². The summed E-state index contributed by atoms with van der Waals surface area (Å²) in [4.78, 5) is 43.4. The molecule has 0 N–H and O–H groups in total. The molecule has 7 nitrogen and oxygen atoms in total. The number of ketones is 1. The Morgan fingerprint density at radius 1 is 1.14 bits per heavy atom. The van der Waals surface area contributed by atoms with Crippen LogP contribution in [0.2, 0.25) is 0 Å². The molecule has 2 heterocycles. The van der Waals surface area contributed by atoms with Gasteiger partial charge in [-0.15, -0.1) is 0 Å². The molecule has 0 aliphatic carbocycles. The van der Waals surface area contributed by atoms with Crippen molar-refractivity contribution < 1.29 is 19.1 Å². The van der Waals surface area contributed by atoms with Gasteiger partial charge in [-0.1, -0.05) is 11.8 Å². The van der Waals surface area contributed by atoms with E-state index in [1.54, 1.807) is 22.8 Å². The fourth-order valence-corrected chi connectivity index (χ4v) is 5.31. The first-order valence-corrected chi connectivity index (χ1v) is 12.7. The highest BCUT2D eigenvalue weighted by Crippen LogP contribution is 2.26. The topological polar surface area (TPSA) is 87.5 Å². The molecule has 35 heavy (non-hydrogen) atoms. The van der Waals surface area contributed by atoms with Crippen LogP contribution in [0, 0.1) is 27.7 Å². The van der Waals surface area contributed by atoms with E-state index < -0.39 is 5.97 Å². The maximum absolute atomic E-state index is 13.4. The lowest BCUT2D eigenvalue weighted by molar-refractivity contribution is 0.0600. The number of benzene rings is 2. The third kappa shape index (κ3) is 5.04. The van der Waals surface area contributed by atoms with Crippen molar-refractivity contribution in [1.82, 2.24) is 9.55 Å². The van der Waals surface area contributed by atoms with Crippen molar-refractivity contribution in [2.75, 3.05) is 19.5 Å². The van der Waals surface area contributed by atoms with Crippen LogP contribution in [0.3, 0.4) is 0 Å². The first kappa shape index (κ1) is 25.1. The molecule has 8 heteroatoms. The van der Waals surface area contributed by atoms with Crippen LogP contribution in [0.15, 0.2) is 34.2 Å². The Morgan fingerprint density at radius 3 is 2.60 bits per heavy atom. The van der Waals surface area contributed by atoms with Crippen LogP contribution in [-0.2, 0) is 16.0 Å². The molecule has 1 aliphatic heterocycles. The van der Waals surface area contributed by atoms with Crippen LogP contribution in [0.1, 0.15) is 55.8 Å². The molecule has 3 aromatic rings. The van der Waals surface area contributed by atoms with Gasteiger partial charge in [0.1, 0.15) is 0 Å². The standard InChI is InChI=1S/C27H30N2O5S/c1-15-11-22(18(4)17(3)16(15)2)24(30)14-35-27-28-23-12-19(26(32)33-5)8-9-21(23)25(31)29(27)13-20-7-6-10-34-20/h8-9,11-12,20H,6-7,10,13-14H2,1-5H3/t20-/m0/s1. The first-order valence-electron chi connectivity index (χ1n) is 11.7. The Labute approximate surface area is 208 Å². The van der Waals surface area contributed by atoms with Crippen LogP contribution in [0.4, 0.5) is 0 Å². The number of methoxy groups -OCH3 is 1. The van der Waals surface area contributed by atoms with E-state index in [0.717, 1.165) is 29.5 Å². The van der Waals surface area contributed by atoms with Gasteiger partial charge in [-0.25, -0.2) is 9.78 Å². The zero-order valence-electron chi connectivity index (χ0n) is 20.8. The van der Waals surface area contributed by atoms with Crippen LogP contribution < -0.4 is 5.56 Å². The van der Waals surface area contributed by atoms with E-state index in [0.29, 0.717) is 40.3 Å². The van der Waals surface area contributed by atoms with E-state index in [1.807, 2.05) is 26.8 Å². The number of rotatable bonds is 7. The molecule has 1 aromatic heterocycles. The van der Waals surface area contributed by atoms with Crippen molar-refractivity contribution >= 4 is 34.4 Å². The van der Waals surface area contributed by atoms with Gasteiger partial charge in [-0.2, -0.15) is 0 Å². The summed E-state index contributed by atoms with van der Waals surface area (Å²) >= 11 is 1.24. The van der Waals surface area contributed by atoms with Gasteiger partial charge in [0.15, 0.2) is 10.9 Å². The molecular weight excluding hydrogens is 464 g/mol. The van der Waals surface area contributed by atoms with E-state index in [2.05, 4.69) is 6.92 Å². The molecule has 2 aromatic carbocycles. The van der Waals surface area contributed by atoms with Crippen molar-refractivity contribution in [3.8, 4) is 0 Å². The number of nitrogens with zero attached hydrogens (tertiary/aromatic N) is 2. The van der Waals surface area contributed by atoms with Crippen LogP contribution >= 0.6 is 11.8 Å². The number of carbonyl (C=O) groups excluding carboxylic acids is 2. The van der Waals surface area contributed by atoms with Gasteiger partial charge in [0, 0.05) is 12.2 Å². The molecule has 0 radical (unpaired) electrons. The quantitative estimate of drug-likeness (QED) is 0.206. The minimum absolute atomic E-state index is 0.0139. The fourth-order valence-electron chi connectivity index (χ4n) is 4.42. The summed E-state index contributed by atoms with van der Waals surface area (Å²) in [6.45, 7) is 9.12. The van der Waals surface area contributed by atoms with Gasteiger partial charge in [0.2, 0.25) is 0 Å². The molecule has 0 bridgehead atoms. The van der Waals surface area contributed by atoms with Gasteiger partial charge < -0.3 is 9.47 Å². The van der Waals surface area contributed by atoms with Crippen LogP contribution in [-0.4, -0.2) is 46.9 Å². The summed E-state index contributed by atoms with van der Waals surface area (Å²) < 4.78 is 12.2. The Bertz CT molecular complexity index is 1370.